The zero-order valence-electron chi connectivity index (χ0n) is 12.6. The van der Waals surface area contributed by atoms with Gasteiger partial charge in [0.1, 0.15) is 11.4 Å². The zero-order valence-corrected chi connectivity index (χ0v) is 13.4. The third-order valence-electron chi connectivity index (χ3n) is 3.68. The molecule has 0 spiro atoms. The summed E-state index contributed by atoms with van der Waals surface area (Å²) in [6, 6.07) is 3.55. The van der Waals surface area contributed by atoms with Crippen LogP contribution >= 0.6 is 12.2 Å². The van der Waals surface area contributed by atoms with Crippen molar-refractivity contribution in [2.24, 2.45) is 0 Å². The van der Waals surface area contributed by atoms with Crippen LogP contribution < -0.4 is 14.2 Å². The van der Waals surface area contributed by atoms with Crippen LogP contribution in [0.25, 0.3) is 6.08 Å². The first-order valence-electron chi connectivity index (χ1n) is 6.85. The van der Waals surface area contributed by atoms with Gasteiger partial charge in [-0.1, -0.05) is 0 Å². The lowest BCUT2D eigenvalue weighted by molar-refractivity contribution is -0.122. The Kier molecular flexibility index (Phi) is 3.66. The molecule has 1 amide bonds. The number of carbonyl (C=O) groups excluding carboxylic acids is 1. The van der Waals surface area contributed by atoms with Crippen molar-refractivity contribution in [3.8, 4) is 17.2 Å². The Morgan fingerprint density at radius 3 is 2.64 bits per heavy atom. The summed E-state index contributed by atoms with van der Waals surface area (Å²) >= 11 is 5.29. The maximum atomic E-state index is 12.4. The average molecular weight is 320 g/mol. The number of carbonyl (C=O) groups is 1. The first kappa shape index (κ1) is 14.6. The number of hydrogen-bond donors (Lipinski definition) is 0. The van der Waals surface area contributed by atoms with Crippen molar-refractivity contribution in [3.63, 3.8) is 0 Å². The molecule has 0 aromatic heterocycles. The Hall–Kier alpha value is -2.28. The van der Waals surface area contributed by atoms with E-state index in [2.05, 4.69) is 0 Å². The standard InChI is InChI=1S/C15H16N2O4S/c1-4-17-14(18)10(16(2)15(17)22)5-9-6-12-13(21-8-20-12)7-11(9)19-3/h5-7H,4,8H2,1-3H3/b10-5-. The summed E-state index contributed by atoms with van der Waals surface area (Å²) in [5.41, 5.74) is 1.24. The Labute approximate surface area is 133 Å². The van der Waals surface area contributed by atoms with Crippen molar-refractivity contribution < 1.29 is 19.0 Å². The molecule has 7 heteroatoms. The minimum Gasteiger partial charge on any atom is -0.496 e. The second-order valence-electron chi connectivity index (χ2n) is 4.87. The van der Waals surface area contributed by atoms with Crippen LogP contribution in [0.1, 0.15) is 12.5 Å². The van der Waals surface area contributed by atoms with Crippen molar-refractivity contribution in [2.75, 3.05) is 27.5 Å². The molecule has 22 heavy (non-hydrogen) atoms. The minimum atomic E-state index is -0.116. The van der Waals surface area contributed by atoms with E-state index in [1.807, 2.05) is 6.92 Å². The molecule has 0 bridgehead atoms. The fourth-order valence-corrected chi connectivity index (χ4v) is 2.78. The van der Waals surface area contributed by atoms with E-state index in [-0.39, 0.29) is 12.7 Å². The SMILES string of the molecule is CCN1C(=O)/C(=C/c2cc3c(cc2OC)OCO3)N(C)C1=S. The second-order valence-corrected chi connectivity index (χ2v) is 5.23. The first-order chi connectivity index (χ1) is 10.6. The van der Waals surface area contributed by atoms with Crippen molar-refractivity contribution >= 4 is 29.3 Å². The molecule has 0 unspecified atom stereocenters. The highest BCUT2D eigenvalue weighted by Gasteiger charge is 2.34. The fourth-order valence-electron chi connectivity index (χ4n) is 2.47. The van der Waals surface area contributed by atoms with Gasteiger partial charge in [-0.2, -0.15) is 0 Å². The van der Waals surface area contributed by atoms with Crippen LogP contribution in [0, 0.1) is 0 Å². The van der Waals surface area contributed by atoms with Gasteiger partial charge in [0.05, 0.1) is 7.11 Å². The van der Waals surface area contributed by atoms with Gasteiger partial charge in [0.25, 0.3) is 5.91 Å². The summed E-state index contributed by atoms with van der Waals surface area (Å²) in [5, 5.41) is 0.499. The van der Waals surface area contributed by atoms with Crippen LogP contribution in [-0.4, -0.2) is 48.3 Å². The van der Waals surface area contributed by atoms with Crippen molar-refractivity contribution in [1.29, 1.82) is 0 Å². The summed E-state index contributed by atoms with van der Waals surface area (Å²) in [5.74, 6) is 1.76. The van der Waals surface area contributed by atoms with Crippen LogP contribution in [0.2, 0.25) is 0 Å². The van der Waals surface area contributed by atoms with E-state index in [1.165, 1.54) is 0 Å². The number of ether oxygens (including phenoxy) is 3. The highest BCUT2D eigenvalue weighted by Crippen LogP contribution is 2.39. The van der Waals surface area contributed by atoms with Gasteiger partial charge in [-0.25, -0.2) is 0 Å². The second kappa shape index (κ2) is 5.49. The normalized spacial score (nSPS) is 18.6. The van der Waals surface area contributed by atoms with Gasteiger partial charge in [-0.3, -0.25) is 9.69 Å². The Bertz CT molecular complexity index is 686. The van der Waals surface area contributed by atoms with Gasteiger partial charge >= 0.3 is 0 Å². The summed E-state index contributed by atoms with van der Waals surface area (Å²) in [6.45, 7) is 2.62. The summed E-state index contributed by atoms with van der Waals surface area (Å²) in [6.07, 6.45) is 1.76. The lowest BCUT2D eigenvalue weighted by Crippen LogP contribution is -2.30. The zero-order chi connectivity index (χ0) is 15.9. The van der Waals surface area contributed by atoms with Crippen LogP contribution in [-0.2, 0) is 4.79 Å². The van der Waals surface area contributed by atoms with E-state index in [4.69, 9.17) is 26.4 Å². The Balaban J connectivity index is 2.05. The molecule has 2 aliphatic heterocycles. The predicted octanol–water partition coefficient (Wildman–Crippen LogP) is 1.84. The van der Waals surface area contributed by atoms with Gasteiger partial charge in [-0.05, 0) is 31.3 Å². The van der Waals surface area contributed by atoms with E-state index in [9.17, 15) is 4.79 Å². The molecule has 2 heterocycles. The van der Waals surface area contributed by atoms with E-state index >= 15 is 0 Å². The largest absolute Gasteiger partial charge is 0.496 e. The highest BCUT2D eigenvalue weighted by atomic mass is 32.1. The molecule has 6 nitrogen and oxygen atoms in total. The number of amides is 1. The number of fused-ring (bicyclic) bond motifs is 1. The molecule has 1 saturated heterocycles. The van der Waals surface area contributed by atoms with Gasteiger partial charge < -0.3 is 19.1 Å². The number of nitrogens with zero attached hydrogens (tertiary/aromatic N) is 2. The van der Waals surface area contributed by atoms with Crippen molar-refractivity contribution in [2.45, 2.75) is 6.92 Å². The third-order valence-corrected chi connectivity index (χ3v) is 4.17. The molecule has 1 fully saturated rings. The molecular formula is C15H16N2O4S. The Morgan fingerprint density at radius 2 is 2.05 bits per heavy atom. The number of rotatable bonds is 3. The maximum Gasteiger partial charge on any atom is 0.276 e. The smallest absolute Gasteiger partial charge is 0.276 e. The lowest BCUT2D eigenvalue weighted by atomic mass is 10.1. The maximum absolute atomic E-state index is 12.4. The summed E-state index contributed by atoms with van der Waals surface area (Å²) in [7, 11) is 3.35. The molecule has 116 valence electrons. The molecule has 3 rings (SSSR count). The molecule has 1 aromatic rings. The number of thiocarbonyl (C=S) groups is 1. The van der Waals surface area contributed by atoms with Crippen LogP contribution in [0.4, 0.5) is 0 Å². The van der Waals surface area contributed by atoms with Gasteiger partial charge in [-0.15, -0.1) is 0 Å². The molecule has 1 aromatic carbocycles. The van der Waals surface area contributed by atoms with E-state index < -0.39 is 0 Å². The summed E-state index contributed by atoms with van der Waals surface area (Å²) < 4.78 is 16.1. The molecule has 0 N–H and O–H groups in total. The molecule has 0 atom stereocenters. The van der Waals surface area contributed by atoms with Gasteiger partial charge in [0.15, 0.2) is 16.6 Å². The van der Waals surface area contributed by atoms with Crippen LogP contribution in [0.5, 0.6) is 17.2 Å². The van der Waals surface area contributed by atoms with Crippen molar-refractivity contribution in [1.82, 2.24) is 9.80 Å². The average Bonchev–Trinajstić information content (AvgIpc) is 3.05. The lowest BCUT2D eigenvalue weighted by Gasteiger charge is -2.13. The summed E-state index contributed by atoms with van der Waals surface area (Å²) in [4.78, 5) is 15.7. The third kappa shape index (κ3) is 2.18. The first-order valence-corrected chi connectivity index (χ1v) is 7.26. The molecule has 0 aliphatic carbocycles. The quantitative estimate of drug-likeness (QED) is 0.626. The minimum absolute atomic E-state index is 0.116. The van der Waals surface area contributed by atoms with E-state index in [1.54, 1.807) is 42.2 Å². The highest BCUT2D eigenvalue weighted by molar-refractivity contribution is 7.80. The van der Waals surface area contributed by atoms with Crippen LogP contribution in [0.3, 0.4) is 0 Å². The number of hydrogen-bond acceptors (Lipinski definition) is 5. The molecule has 0 saturated carbocycles. The molecule has 2 aliphatic rings. The topological polar surface area (TPSA) is 51.2 Å². The van der Waals surface area contributed by atoms with Crippen molar-refractivity contribution in [3.05, 3.63) is 23.4 Å². The fraction of sp³-hybridized carbons (Fsp3) is 0.333. The number of methoxy groups -OCH3 is 1. The monoisotopic (exact) mass is 320 g/mol. The number of benzene rings is 1. The number of likely N-dealkylation sites (N-methyl/N-ethyl adjacent to an activating group) is 2. The van der Waals surface area contributed by atoms with Crippen LogP contribution in [0.15, 0.2) is 17.8 Å². The molecule has 0 radical (unpaired) electrons. The predicted molar refractivity (Wildman–Crippen MR) is 84.8 cm³/mol. The molecular weight excluding hydrogens is 304 g/mol. The van der Waals surface area contributed by atoms with Gasteiger partial charge in [0, 0.05) is 25.2 Å². The van der Waals surface area contributed by atoms with E-state index in [0.717, 1.165) is 5.56 Å². The Morgan fingerprint density at radius 1 is 1.36 bits per heavy atom. The van der Waals surface area contributed by atoms with Gasteiger partial charge in [0.2, 0.25) is 6.79 Å². The van der Waals surface area contributed by atoms with E-state index in [0.29, 0.717) is 34.6 Å².